The predicted octanol–water partition coefficient (Wildman–Crippen LogP) is 7.71. The summed E-state index contributed by atoms with van der Waals surface area (Å²) in [4.78, 5) is 0. The molecular formula is C27H32O. The maximum absolute atomic E-state index is 6.13. The van der Waals surface area contributed by atoms with E-state index in [2.05, 4.69) is 80.6 Å². The highest BCUT2D eigenvalue weighted by atomic mass is 16.5. The first-order chi connectivity index (χ1) is 13.7. The lowest BCUT2D eigenvalue weighted by Gasteiger charge is -2.29. The van der Waals surface area contributed by atoms with Crippen LogP contribution in [-0.4, -0.2) is 6.61 Å². The molecular weight excluding hydrogens is 340 g/mol. The summed E-state index contributed by atoms with van der Waals surface area (Å²) < 4.78 is 6.13. The molecule has 1 fully saturated rings. The summed E-state index contributed by atoms with van der Waals surface area (Å²) in [5.74, 6) is 3.01. The van der Waals surface area contributed by atoms with Crippen molar-refractivity contribution in [2.45, 2.75) is 57.8 Å². The van der Waals surface area contributed by atoms with E-state index in [0.717, 1.165) is 12.4 Å². The molecule has 4 rings (SSSR count). The Labute approximate surface area is 169 Å². The van der Waals surface area contributed by atoms with Gasteiger partial charge in [0.2, 0.25) is 0 Å². The highest BCUT2D eigenvalue weighted by molar-refractivity contribution is 5.86. The zero-order valence-electron chi connectivity index (χ0n) is 17.2. The number of fused-ring (bicyclic) bond motifs is 1. The lowest BCUT2D eigenvalue weighted by molar-refractivity contribution is 0.200. The molecule has 0 bridgehead atoms. The Morgan fingerprint density at radius 3 is 2.32 bits per heavy atom. The van der Waals surface area contributed by atoms with Crippen LogP contribution in [0.15, 0.2) is 66.7 Å². The molecule has 3 aromatic rings. The van der Waals surface area contributed by atoms with Crippen molar-refractivity contribution in [3.63, 3.8) is 0 Å². The van der Waals surface area contributed by atoms with Crippen molar-refractivity contribution in [2.75, 3.05) is 6.61 Å². The molecule has 146 valence electrons. The van der Waals surface area contributed by atoms with Crippen LogP contribution in [0.4, 0.5) is 0 Å². The van der Waals surface area contributed by atoms with E-state index in [0.29, 0.717) is 17.8 Å². The van der Waals surface area contributed by atoms with Gasteiger partial charge in [0.1, 0.15) is 5.75 Å². The fourth-order valence-electron chi connectivity index (χ4n) is 4.59. The fourth-order valence-corrected chi connectivity index (χ4v) is 4.59. The van der Waals surface area contributed by atoms with Crippen LogP contribution in [0.5, 0.6) is 5.75 Å². The molecule has 1 saturated carbocycles. The van der Waals surface area contributed by atoms with Gasteiger partial charge in [-0.25, -0.2) is 0 Å². The monoisotopic (exact) mass is 372 g/mol. The van der Waals surface area contributed by atoms with E-state index in [9.17, 15) is 0 Å². The van der Waals surface area contributed by atoms with Gasteiger partial charge in [-0.05, 0) is 83.9 Å². The smallest absolute Gasteiger partial charge is 0.119 e. The molecule has 0 amide bonds. The van der Waals surface area contributed by atoms with Gasteiger partial charge < -0.3 is 4.74 Å². The van der Waals surface area contributed by atoms with Gasteiger partial charge in [-0.3, -0.25) is 0 Å². The largest absolute Gasteiger partial charge is 0.493 e. The summed E-state index contributed by atoms with van der Waals surface area (Å²) in [5, 5.41) is 2.80. The van der Waals surface area contributed by atoms with Gasteiger partial charge in [0.05, 0.1) is 6.61 Å². The molecule has 28 heavy (non-hydrogen) atoms. The summed E-state index contributed by atoms with van der Waals surface area (Å²) in [6, 6.07) is 24.3. The fraction of sp³-hybridized carbons (Fsp3) is 0.407. The van der Waals surface area contributed by atoms with Gasteiger partial charge >= 0.3 is 0 Å². The highest BCUT2D eigenvalue weighted by Crippen LogP contribution is 2.38. The summed E-state index contributed by atoms with van der Waals surface area (Å²) >= 11 is 0. The van der Waals surface area contributed by atoms with Crippen LogP contribution in [0.2, 0.25) is 0 Å². The van der Waals surface area contributed by atoms with E-state index in [-0.39, 0.29) is 0 Å². The minimum absolute atomic E-state index is 0.624. The SMILES string of the molecule is CCC(C)c1ccc(OCC2CCC(c3cccc4ccccc34)CC2)cc1. The third kappa shape index (κ3) is 4.24. The summed E-state index contributed by atoms with van der Waals surface area (Å²) in [7, 11) is 0. The molecule has 0 aliphatic heterocycles. The Morgan fingerprint density at radius 1 is 0.857 bits per heavy atom. The lowest BCUT2D eigenvalue weighted by atomic mass is 9.78. The highest BCUT2D eigenvalue weighted by Gasteiger charge is 2.24. The van der Waals surface area contributed by atoms with Gasteiger partial charge in [-0.1, -0.05) is 68.4 Å². The Balaban J connectivity index is 1.32. The van der Waals surface area contributed by atoms with Crippen molar-refractivity contribution in [3.8, 4) is 5.75 Å². The van der Waals surface area contributed by atoms with Crippen LogP contribution >= 0.6 is 0 Å². The first-order valence-corrected chi connectivity index (χ1v) is 10.9. The summed E-state index contributed by atoms with van der Waals surface area (Å²) in [6.45, 7) is 5.37. The molecule has 0 aromatic heterocycles. The average molecular weight is 373 g/mol. The second-order valence-electron chi connectivity index (χ2n) is 8.48. The van der Waals surface area contributed by atoms with E-state index in [1.165, 1.54) is 54.0 Å². The van der Waals surface area contributed by atoms with E-state index in [4.69, 9.17) is 4.74 Å². The van der Waals surface area contributed by atoms with Crippen LogP contribution < -0.4 is 4.74 Å². The van der Waals surface area contributed by atoms with Gasteiger partial charge in [-0.15, -0.1) is 0 Å². The minimum Gasteiger partial charge on any atom is -0.493 e. The first kappa shape index (κ1) is 19.1. The lowest BCUT2D eigenvalue weighted by Crippen LogP contribution is -2.19. The van der Waals surface area contributed by atoms with Crippen LogP contribution in [0, 0.1) is 5.92 Å². The normalized spacial score (nSPS) is 20.8. The standard InChI is InChI=1S/C27H32O/c1-3-20(2)22-15-17-25(18-16-22)28-19-21-11-13-24(14-12-21)27-10-6-8-23-7-4-5-9-26(23)27/h4-10,15-18,20-21,24H,3,11-14,19H2,1-2H3. The Hall–Kier alpha value is -2.28. The molecule has 3 aromatic carbocycles. The number of hydrogen-bond acceptors (Lipinski definition) is 1. The second-order valence-corrected chi connectivity index (χ2v) is 8.48. The molecule has 1 aliphatic rings. The molecule has 1 atom stereocenters. The van der Waals surface area contributed by atoms with Crippen molar-refractivity contribution in [1.29, 1.82) is 0 Å². The van der Waals surface area contributed by atoms with E-state index >= 15 is 0 Å². The van der Waals surface area contributed by atoms with E-state index < -0.39 is 0 Å². The Kier molecular flexibility index (Phi) is 6.00. The summed E-state index contributed by atoms with van der Waals surface area (Å²) in [5.41, 5.74) is 2.95. The van der Waals surface area contributed by atoms with Crippen LogP contribution in [0.25, 0.3) is 10.8 Å². The van der Waals surface area contributed by atoms with Crippen LogP contribution in [0.1, 0.15) is 68.9 Å². The number of benzene rings is 3. The Morgan fingerprint density at radius 2 is 1.57 bits per heavy atom. The molecule has 0 saturated heterocycles. The number of rotatable bonds is 6. The van der Waals surface area contributed by atoms with Gasteiger partial charge in [0, 0.05) is 0 Å². The van der Waals surface area contributed by atoms with Crippen molar-refractivity contribution >= 4 is 10.8 Å². The second kappa shape index (κ2) is 8.82. The first-order valence-electron chi connectivity index (χ1n) is 10.9. The maximum Gasteiger partial charge on any atom is 0.119 e. The molecule has 0 N–H and O–H groups in total. The van der Waals surface area contributed by atoms with E-state index in [1.807, 2.05) is 0 Å². The zero-order valence-corrected chi connectivity index (χ0v) is 17.2. The Bertz CT molecular complexity index is 882. The van der Waals surface area contributed by atoms with Crippen molar-refractivity contribution < 1.29 is 4.74 Å². The third-order valence-electron chi connectivity index (χ3n) is 6.66. The molecule has 1 aliphatic carbocycles. The van der Waals surface area contributed by atoms with Crippen LogP contribution in [0.3, 0.4) is 0 Å². The van der Waals surface area contributed by atoms with Crippen molar-refractivity contribution in [1.82, 2.24) is 0 Å². The topological polar surface area (TPSA) is 9.23 Å². The molecule has 0 radical (unpaired) electrons. The molecule has 0 spiro atoms. The molecule has 1 unspecified atom stereocenters. The number of hydrogen-bond donors (Lipinski definition) is 0. The summed E-state index contributed by atoms with van der Waals surface area (Å²) in [6.07, 6.45) is 6.25. The molecule has 1 heteroatoms. The third-order valence-corrected chi connectivity index (χ3v) is 6.66. The van der Waals surface area contributed by atoms with Gasteiger partial charge in [-0.2, -0.15) is 0 Å². The molecule has 0 heterocycles. The predicted molar refractivity (Wildman–Crippen MR) is 119 cm³/mol. The van der Waals surface area contributed by atoms with Gasteiger partial charge in [0.15, 0.2) is 0 Å². The average Bonchev–Trinajstić information content (AvgIpc) is 2.77. The molecule has 1 nitrogen and oxygen atoms in total. The number of ether oxygens (including phenoxy) is 1. The zero-order chi connectivity index (χ0) is 19.3. The van der Waals surface area contributed by atoms with Crippen LogP contribution in [-0.2, 0) is 0 Å². The van der Waals surface area contributed by atoms with Crippen molar-refractivity contribution in [2.24, 2.45) is 5.92 Å². The minimum atomic E-state index is 0.624. The van der Waals surface area contributed by atoms with Gasteiger partial charge in [0.25, 0.3) is 0 Å². The quantitative estimate of drug-likeness (QED) is 0.430. The maximum atomic E-state index is 6.13. The van der Waals surface area contributed by atoms with Crippen molar-refractivity contribution in [3.05, 3.63) is 77.9 Å². The van der Waals surface area contributed by atoms with E-state index in [1.54, 1.807) is 0 Å².